The molecule has 0 aliphatic heterocycles. The second kappa shape index (κ2) is 6.11. The Morgan fingerprint density at radius 2 is 2.36 bits per heavy atom. The Morgan fingerprint density at radius 1 is 1.57 bits per heavy atom. The second-order valence-electron chi connectivity index (χ2n) is 3.76. The highest BCUT2D eigenvalue weighted by molar-refractivity contribution is 7.05. The van der Waals surface area contributed by atoms with Gasteiger partial charge in [-0.05, 0) is 36.5 Å². The maximum Gasteiger partial charge on any atom is 0.0575 e. The van der Waals surface area contributed by atoms with Gasteiger partial charge in [-0.25, -0.2) is 4.37 Å². The van der Waals surface area contributed by atoms with E-state index in [2.05, 4.69) is 9.69 Å². The highest BCUT2D eigenvalue weighted by Crippen LogP contribution is 2.05. The van der Waals surface area contributed by atoms with Gasteiger partial charge in [0.05, 0.1) is 6.10 Å². The fraction of sp³-hybridized carbons (Fsp3) is 0.700. The van der Waals surface area contributed by atoms with Crippen LogP contribution < -0.4 is 5.32 Å². The first-order valence-corrected chi connectivity index (χ1v) is 5.76. The monoisotopic (exact) mass is 214 g/mol. The SMILES string of the molecule is CC(C)C(O)CCNCc1ccns1. The summed E-state index contributed by atoms with van der Waals surface area (Å²) in [4.78, 5) is 1.24. The summed E-state index contributed by atoms with van der Waals surface area (Å²) < 4.78 is 4.02. The summed E-state index contributed by atoms with van der Waals surface area (Å²) in [5.41, 5.74) is 0. The van der Waals surface area contributed by atoms with Gasteiger partial charge >= 0.3 is 0 Å². The molecule has 0 fully saturated rings. The van der Waals surface area contributed by atoms with E-state index in [0.717, 1.165) is 19.5 Å². The summed E-state index contributed by atoms with van der Waals surface area (Å²) in [7, 11) is 0. The van der Waals surface area contributed by atoms with Crippen molar-refractivity contribution < 1.29 is 5.11 Å². The van der Waals surface area contributed by atoms with E-state index < -0.39 is 0 Å². The molecule has 1 aromatic heterocycles. The molecule has 1 atom stereocenters. The molecule has 0 aliphatic carbocycles. The van der Waals surface area contributed by atoms with Crippen LogP contribution in [0.15, 0.2) is 12.3 Å². The summed E-state index contributed by atoms with van der Waals surface area (Å²) in [5, 5.41) is 12.8. The van der Waals surface area contributed by atoms with E-state index in [1.54, 1.807) is 0 Å². The molecule has 1 rings (SSSR count). The Labute approximate surface area is 89.3 Å². The van der Waals surface area contributed by atoms with E-state index in [9.17, 15) is 5.11 Å². The largest absolute Gasteiger partial charge is 0.393 e. The third kappa shape index (κ3) is 4.17. The molecule has 0 aliphatic rings. The maximum absolute atomic E-state index is 9.53. The van der Waals surface area contributed by atoms with Crippen LogP contribution in [0.1, 0.15) is 25.1 Å². The Kier molecular flexibility index (Phi) is 5.07. The van der Waals surface area contributed by atoms with E-state index in [0.29, 0.717) is 5.92 Å². The van der Waals surface area contributed by atoms with E-state index in [-0.39, 0.29) is 6.10 Å². The number of rotatable bonds is 6. The number of nitrogens with zero attached hydrogens (tertiary/aromatic N) is 1. The molecule has 0 amide bonds. The van der Waals surface area contributed by atoms with E-state index >= 15 is 0 Å². The minimum absolute atomic E-state index is 0.191. The fourth-order valence-corrected chi connectivity index (χ4v) is 1.67. The number of aromatic nitrogens is 1. The van der Waals surface area contributed by atoms with Gasteiger partial charge in [0.25, 0.3) is 0 Å². The first-order chi connectivity index (χ1) is 6.70. The summed E-state index contributed by atoms with van der Waals surface area (Å²) in [6.07, 6.45) is 2.44. The Balaban J connectivity index is 2.05. The number of aliphatic hydroxyl groups excluding tert-OH is 1. The van der Waals surface area contributed by atoms with Crippen LogP contribution in [0.4, 0.5) is 0 Å². The smallest absolute Gasteiger partial charge is 0.0575 e. The van der Waals surface area contributed by atoms with Crippen LogP contribution in [-0.2, 0) is 6.54 Å². The molecule has 4 heteroatoms. The van der Waals surface area contributed by atoms with Gasteiger partial charge < -0.3 is 10.4 Å². The lowest BCUT2D eigenvalue weighted by Crippen LogP contribution is -2.23. The van der Waals surface area contributed by atoms with Gasteiger partial charge in [-0.2, -0.15) is 0 Å². The van der Waals surface area contributed by atoms with Gasteiger partial charge in [0.1, 0.15) is 0 Å². The van der Waals surface area contributed by atoms with Crippen molar-refractivity contribution in [2.75, 3.05) is 6.54 Å². The molecule has 0 saturated heterocycles. The van der Waals surface area contributed by atoms with E-state index in [1.807, 2.05) is 26.1 Å². The topological polar surface area (TPSA) is 45.1 Å². The van der Waals surface area contributed by atoms with Gasteiger partial charge in [-0.3, -0.25) is 0 Å². The fourth-order valence-electron chi connectivity index (χ4n) is 1.13. The predicted octanol–water partition coefficient (Wildman–Crippen LogP) is 1.64. The quantitative estimate of drug-likeness (QED) is 0.708. The Hall–Kier alpha value is -0.450. The second-order valence-corrected chi connectivity index (χ2v) is 4.67. The number of aliphatic hydroxyl groups is 1. The molecule has 2 N–H and O–H groups in total. The van der Waals surface area contributed by atoms with Crippen molar-refractivity contribution in [3.8, 4) is 0 Å². The third-order valence-corrected chi connectivity index (χ3v) is 2.92. The lowest BCUT2D eigenvalue weighted by Gasteiger charge is -2.13. The lowest BCUT2D eigenvalue weighted by atomic mass is 10.0. The Morgan fingerprint density at radius 3 is 2.93 bits per heavy atom. The van der Waals surface area contributed by atoms with Crippen LogP contribution in [-0.4, -0.2) is 22.1 Å². The lowest BCUT2D eigenvalue weighted by molar-refractivity contribution is 0.116. The predicted molar refractivity (Wildman–Crippen MR) is 59.3 cm³/mol. The zero-order chi connectivity index (χ0) is 10.4. The van der Waals surface area contributed by atoms with E-state index in [1.165, 1.54) is 16.4 Å². The Bertz CT molecular complexity index is 236. The highest BCUT2D eigenvalue weighted by atomic mass is 32.1. The molecule has 3 nitrogen and oxygen atoms in total. The van der Waals surface area contributed by atoms with Gasteiger partial charge in [-0.1, -0.05) is 13.8 Å². The average Bonchev–Trinajstić information content (AvgIpc) is 2.64. The molecule has 0 aromatic carbocycles. The molecule has 0 radical (unpaired) electrons. The minimum atomic E-state index is -0.191. The summed E-state index contributed by atoms with van der Waals surface area (Å²) in [5.74, 6) is 0.347. The average molecular weight is 214 g/mol. The summed E-state index contributed by atoms with van der Waals surface area (Å²) >= 11 is 1.51. The standard InChI is InChI=1S/C10H18N2OS/c1-8(2)10(13)4-5-11-7-9-3-6-12-14-9/h3,6,8,10-11,13H,4-5,7H2,1-2H3. The number of hydrogen-bond donors (Lipinski definition) is 2. The van der Waals surface area contributed by atoms with Gasteiger partial charge in [0.2, 0.25) is 0 Å². The molecule has 1 aromatic rings. The van der Waals surface area contributed by atoms with Crippen molar-refractivity contribution in [3.05, 3.63) is 17.1 Å². The van der Waals surface area contributed by atoms with Crippen molar-refractivity contribution >= 4 is 11.5 Å². The number of hydrogen-bond acceptors (Lipinski definition) is 4. The van der Waals surface area contributed by atoms with Crippen LogP contribution in [0.3, 0.4) is 0 Å². The maximum atomic E-state index is 9.53. The molecule has 0 bridgehead atoms. The van der Waals surface area contributed by atoms with Crippen molar-refractivity contribution in [2.24, 2.45) is 5.92 Å². The first-order valence-electron chi connectivity index (χ1n) is 4.98. The van der Waals surface area contributed by atoms with Crippen LogP contribution in [0.2, 0.25) is 0 Å². The zero-order valence-electron chi connectivity index (χ0n) is 8.73. The molecular formula is C10H18N2OS. The van der Waals surface area contributed by atoms with Crippen molar-refractivity contribution in [1.29, 1.82) is 0 Å². The van der Waals surface area contributed by atoms with Crippen LogP contribution in [0, 0.1) is 5.92 Å². The van der Waals surface area contributed by atoms with Crippen LogP contribution in [0.25, 0.3) is 0 Å². The molecule has 14 heavy (non-hydrogen) atoms. The van der Waals surface area contributed by atoms with Gasteiger partial charge in [0, 0.05) is 17.6 Å². The van der Waals surface area contributed by atoms with Crippen LogP contribution in [0.5, 0.6) is 0 Å². The van der Waals surface area contributed by atoms with Crippen LogP contribution >= 0.6 is 11.5 Å². The molecule has 0 saturated carbocycles. The molecular weight excluding hydrogens is 196 g/mol. The summed E-state index contributed by atoms with van der Waals surface area (Å²) in [6.45, 7) is 5.79. The first kappa shape index (κ1) is 11.6. The van der Waals surface area contributed by atoms with Crippen molar-refractivity contribution in [1.82, 2.24) is 9.69 Å². The minimum Gasteiger partial charge on any atom is -0.393 e. The number of nitrogens with one attached hydrogen (secondary N) is 1. The third-order valence-electron chi connectivity index (χ3n) is 2.18. The molecule has 0 spiro atoms. The normalized spacial score (nSPS) is 13.4. The highest BCUT2D eigenvalue weighted by Gasteiger charge is 2.07. The molecule has 1 unspecified atom stereocenters. The van der Waals surface area contributed by atoms with Gasteiger partial charge in [0.15, 0.2) is 0 Å². The van der Waals surface area contributed by atoms with Crippen molar-refractivity contribution in [2.45, 2.75) is 32.9 Å². The zero-order valence-corrected chi connectivity index (χ0v) is 9.55. The summed E-state index contributed by atoms with van der Waals surface area (Å²) in [6, 6.07) is 2.01. The molecule has 1 heterocycles. The molecule has 80 valence electrons. The van der Waals surface area contributed by atoms with E-state index in [4.69, 9.17) is 0 Å². The van der Waals surface area contributed by atoms with Crippen molar-refractivity contribution in [3.63, 3.8) is 0 Å². The van der Waals surface area contributed by atoms with Gasteiger partial charge in [-0.15, -0.1) is 0 Å².